The topological polar surface area (TPSA) is 59.3 Å². The minimum absolute atomic E-state index is 0.0221. The molecule has 0 unspecified atom stereocenters. The average Bonchev–Trinajstić information content (AvgIpc) is 3.16. The molecule has 2 aromatic carbocycles. The van der Waals surface area contributed by atoms with E-state index in [2.05, 4.69) is 0 Å². The van der Waals surface area contributed by atoms with Crippen molar-refractivity contribution in [3.8, 4) is 0 Å². The summed E-state index contributed by atoms with van der Waals surface area (Å²) >= 11 is 0. The molecular formula is C24H23NO3. The molecule has 0 atom stereocenters. The van der Waals surface area contributed by atoms with Gasteiger partial charge in [0.1, 0.15) is 0 Å². The normalized spacial score (nSPS) is 11.0. The molecule has 0 aliphatic rings. The van der Waals surface area contributed by atoms with Gasteiger partial charge in [-0.05, 0) is 30.5 Å². The van der Waals surface area contributed by atoms with Gasteiger partial charge in [-0.3, -0.25) is 9.59 Å². The first-order valence-corrected chi connectivity index (χ1v) is 9.26. The van der Waals surface area contributed by atoms with E-state index in [1.807, 2.05) is 90.6 Å². The molecule has 0 radical (unpaired) electrons. The molecule has 0 fully saturated rings. The zero-order valence-corrected chi connectivity index (χ0v) is 15.8. The molecule has 0 spiro atoms. The third-order valence-corrected chi connectivity index (χ3v) is 4.53. The number of carbonyl (C=O) groups excluding carboxylic acids is 1. The summed E-state index contributed by atoms with van der Waals surface area (Å²) in [5.41, 5.74) is 4.54. The molecule has 3 aromatic rings. The van der Waals surface area contributed by atoms with E-state index in [1.54, 1.807) is 0 Å². The summed E-state index contributed by atoms with van der Waals surface area (Å²) in [5.74, 6) is -0.765. The van der Waals surface area contributed by atoms with Crippen LogP contribution in [-0.2, 0) is 17.8 Å². The van der Waals surface area contributed by atoms with Crippen LogP contribution in [0.4, 0.5) is 0 Å². The van der Waals surface area contributed by atoms with Gasteiger partial charge in [0.2, 0.25) is 0 Å². The molecule has 4 heteroatoms. The van der Waals surface area contributed by atoms with Gasteiger partial charge < -0.3 is 9.67 Å². The Balaban J connectivity index is 1.61. The van der Waals surface area contributed by atoms with E-state index in [-0.39, 0.29) is 12.2 Å². The highest BCUT2D eigenvalue weighted by Crippen LogP contribution is 2.13. The Hall–Kier alpha value is -3.40. The molecule has 0 aliphatic heterocycles. The number of aromatic nitrogens is 1. The smallest absolute Gasteiger partial charge is 0.303 e. The van der Waals surface area contributed by atoms with Crippen LogP contribution in [-0.4, -0.2) is 21.4 Å². The van der Waals surface area contributed by atoms with E-state index < -0.39 is 5.97 Å². The number of hydrogen-bond acceptors (Lipinski definition) is 2. The van der Waals surface area contributed by atoms with Crippen LogP contribution in [0.3, 0.4) is 0 Å². The Morgan fingerprint density at radius 1 is 1.04 bits per heavy atom. The Kier molecular flexibility index (Phi) is 6.22. The quantitative estimate of drug-likeness (QED) is 0.579. The van der Waals surface area contributed by atoms with Crippen molar-refractivity contribution in [1.82, 2.24) is 4.57 Å². The van der Waals surface area contributed by atoms with E-state index in [1.165, 1.54) is 0 Å². The fourth-order valence-electron chi connectivity index (χ4n) is 2.97. The van der Waals surface area contributed by atoms with Crippen molar-refractivity contribution in [3.63, 3.8) is 0 Å². The number of ketones is 1. The number of rotatable bonds is 8. The van der Waals surface area contributed by atoms with Gasteiger partial charge >= 0.3 is 5.97 Å². The predicted octanol–water partition coefficient (Wildman–Crippen LogP) is 4.76. The molecule has 4 nitrogen and oxygen atoms in total. The molecule has 1 heterocycles. The molecule has 0 saturated heterocycles. The van der Waals surface area contributed by atoms with Crippen molar-refractivity contribution in [1.29, 1.82) is 0 Å². The Morgan fingerprint density at radius 3 is 2.57 bits per heavy atom. The second-order valence-electron chi connectivity index (χ2n) is 6.83. The maximum Gasteiger partial charge on any atom is 0.303 e. The predicted molar refractivity (Wildman–Crippen MR) is 110 cm³/mol. The van der Waals surface area contributed by atoms with Crippen molar-refractivity contribution in [2.75, 3.05) is 0 Å². The summed E-state index contributed by atoms with van der Waals surface area (Å²) in [6, 6.07) is 17.3. The first-order chi connectivity index (χ1) is 13.5. The number of carboxylic acid groups (broad SMARTS) is 1. The Morgan fingerprint density at radius 2 is 1.82 bits per heavy atom. The van der Waals surface area contributed by atoms with Crippen LogP contribution in [0.2, 0.25) is 0 Å². The lowest BCUT2D eigenvalue weighted by Crippen LogP contribution is -2.00. The molecule has 142 valence electrons. The molecule has 28 heavy (non-hydrogen) atoms. The maximum absolute atomic E-state index is 12.5. The van der Waals surface area contributed by atoms with Crippen LogP contribution in [0.5, 0.6) is 0 Å². The molecular weight excluding hydrogens is 350 g/mol. The van der Waals surface area contributed by atoms with E-state index in [0.29, 0.717) is 24.1 Å². The number of hydrogen-bond donors (Lipinski definition) is 1. The van der Waals surface area contributed by atoms with Crippen LogP contribution in [0.1, 0.15) is 39.0 Å². The van der Waals surface area contributed by atoms with Crippen LogP contribution >= 0.6 is 0 Å². The van der Waals surface area contributed by atoms with Crippen LogP contribution in [0.15, 0.2) is 73.1 Å². The van der Waals surface area contributed by atoms with Gasteiger partial charge in [0.25, 0.3) is 0 Å². The maximum atomic E-state index is 12.5. The first kappa shape index (κ1) is 19.4. The minimum atomic E-state index is -0.787. The number of nitrogens with zero attached hydrogens (tertiary/aromatic N) is 1. The number of allylic oxidation sites excluding steroid dienone is 1. The number of benzene rings is 2. The van der Waals surface area contributed by atoms with E-state index in [4.69, 9.17) is 5.11 Å². The molecule has 1 aromatic heterocycles. The highest BCUT2D eigenvalue weighted by atomic mass is 16.4. The lowest BCUT2D eigenvalue weighted by atomic mass is 10.0. The fraction of sp³-hybridized carbons (Fsp3) is 0.167. The summed E-state index contributed by atoms with van der Waals surface area (Å²) < 4.78 is 1.96. The standard InChI is InChI=1S/C24H23NO3/c1-18-7-10-21(11-8-18)24(28)22-13-15-25(17-22)14-3-6-19-4-2-5-20(16-19)9-12-23(26)27/h2-8,10-11,13,15-17H,9,12,14H2,1H3,(H,26,27)/b6-3+. The fourth-order valence-corrected chi connectivity index (χ4v) is 2.97. The average molecular weight is 373 g/mol. The number of carbonyl (C=O) groups is 2. The van der Waals surface area contributed by atoms with Gasteiger partial charge in [0, 0.05) is 36.5 Å². The minimum Gasteiger partial charge on any atom is -0.481 e. The molecule has 0 aliphatic carbocycles. The third kappa shape index (κ3) is 5.30. The van der Waals surface area contributed by atoms with Crippen LogP contribution in [0, 0.1) is 6.92 Å². The monoisotopic (exact) mass is 373 g/mol. The second-order valence-corrected chi connectivity index (χ2v) is 6.83. The van der Waals surface area contributed by atoms with Crippen molar-refractivity contribution in [2.24, 2.45) is 0 Å². The molecule has 3 rings (SSSR count). The molecule has 0 saturated carbocycles. The van der Waals surface area contributed by atoms with Gasteiger partial charge in [0.15, 0.2) is 5.78 Å². The molecule has 0 amide bonds. The van der Waals surface area contributed by atoms with Gasteiger partial charge in [-0.2, -0.15) is 0 Å². The summed E-state index contributed by atoms with van der Waals surface area (Å²) in [6.45, 7) is 2.65. The van der Waals surface area contributed by atoms with Crippen molar-refractivity contribution >= 4 is 17.8 Å². The van der Waals surface area contributed by atoms with Crippen molar-refractivity contribution < 1.29 is 14.7 Å². The van der Waals surface area contributed by atoms with Gasteiger partial charge in [-0.25, -0.2) is 0 Å². The first-order valence-electron chi connectivity index (χ1n) is 9.26. The highest BCUT2D eigenvalue weighted by Gasteiger charge is 2.09. The number of aryl methyl sites for hydroxylation is 2. The Bertz CT molecular complexity index is 997. The largest absolute Gasteiger partial charge is 0.481 e. The highest BCUT2D eigenvalue weighted by molar-refractivity contribution is 6.08. The summed E-state index contributed by atoms with van der Waals surface area (Å²) in [6.07, 6.45) is 8.44. The summed E-state index contributed by atoms with van der Waals surface area (Å²) in [4.78, 5) is 23.2. The van der Waals surface area contributed by atoms with Gasteiger partial charge in [0.05, 0.1) is 0 Å². The van der Waals surface area contributed by atoms with Gasteiger partial charge in [-0.1, -0.05) is 66.2 Å². The lowest BCUT2D eigenvalue weighted by molar-refractivity contribution is -0.136. The SMILES string of the molecule is Cc1ccc(C(=O)c2ccn(C/C=C/c3cccc(CCC(=O)O)c3)c2)cc1. The lowest BCUT2D eigenvalue weighted by Gasteiger charge is -2.01. The Labute approximate surface area is 164 Å². The van der Waals surface area contributed by atoms with Crippen LogP contribution in [0.25, 0.3) is 6.08 Å². The summed E-state index contributed by atoms with van der Waals surface area (Å²) in [7, 11) is 0. The number of aliphatic carboxylic acids is 1. The zero-order valence-electron chi connectivity index (χ0n) is 15.8. The van der Waals surface area contributed by atoms with E-state index in [0.717, 1.165) is 16.7 Å². The van der Waals surface area contributed by atoms with Crippen LogP contribution < -0.4 is 0 Å². The van der Waals surface area contributed by atoms with Crippen molar-refractivity contribution in [3.05, 3.63) is 101 Å². The second kappa shape index (κ2) is 9.00. The molecule has 0 bridgehead atoms. The molecule has 1 N–H and O–H groups in total. The van der Waals surface area contributed by atoms with Gasteiger partial charge in [-0.15, -0.1) is 0 Å². The summed E-state index contributed by atoms with van der Waals surface area (Å²) in [5, 5.41) is 8.80. The third-order valence-electron chi connectivity index (χ3n) is 4.53. The van der Waals surface area contributed by atoms with E-state index >= 15 is 0 Å². The number of carboxylic acids is 1. The zero-order chi connectivity index (χ0) is 19.9. The van der Waals surface area contributed by atoms with Crippen molar-refractivity contribution in [2.45, 2.75) is 26.3 Å². The van der Waals surface area contributed by atoms with E-state index in [9.17, 15) is 9.59 Å².